The fourth-order valence-corrected chi connectivity index (χ4v) is 11.0. The molecule has 0 bridgehead atoms. The predicted octanol–water partition coefficient (Wildman–Crippen LogP) is -3.68. The smallest absolute Gasteiger partial charge is 0.305 e. The van der Waals surface area contributed by atoms with Gasteiger partial charge < -0.3 is 73.4 Å². The van der Waals surface area contributed by atoms with Crippen molar-refractivity contribution >= 4 is 82.5 Å². The van der Waals surface area contributed by atoms with Gasteiger partial charge in [-0.05, 0) is 68.7 Å². The second kappa shape index (κ2) is 36.9. The molecule has 0 aromatic heterocycles. The molecular weight excluding hydrogens is 1170 g/mol. The van der Waals surface area contributed by atoms with Crippen molar-refractivity contribution in [2.45, 2.75) is 170 Å². The molecule has 30 heteroatoms. The van der Waals surface area contributed by atoms with E-state index >= 15 is 0 Å². The Morgan fingerprint density at radius 1 is 0.659 bits per heavy atom. The van der Waals surface area contributed by atoms with E-state index in [1.807, 2.05) is 0 Å². The summed E-state index contributed by atoms with van der Waals surface area (Å²) in [6.45, 7) is 4.42. The van der Waals surface area contributed by atoms with Crippen LogP contribution in [0, 0.1) is 5.92 Å². The highest BCUT2D eigenvalue weighted by molar-refractivity contribution is 8.00. The number of piperidine rings is 1. The lowest BCUT2D eigenvalue weighted by Gasteiger charge is -2.43. The number of ketones is 2. The molecule has 0 saturated carbocycles. The number of amides is 8. The number of rotatable bonds is 39. The highest BCUT2D eigenvalue weighted by atomic mass is 32.2. The van der Waals surface area contributed by atoms with Gasteiger partial charge in [0.15, 0.2) is 11.6 Å². The number of carboxylic acid groups (broad SMARTS) is 2. The minimum absolute atomic E-state index is 0.000534. The van der Waals surface area contributed by atoms with Gasteiger partial charge >= 0.3 is 11.9 Å². The molecule has 0 radical (unpaired) electrons. The Labute approximate surface area is 513 Å². The minimum Gasteiger partial charge on any atom is -0.481 e. The number of imide groups is 1. The van der Waals surface area contributed by atoms with E-state index in [-0.39, 0.29) is 70.0 Å². The van der Waals surface area contributed by atoms with Crippen LogP contribution >= 0.6 is 11.8 Å². The summed E-state index contributed by atoms with van der Waals surface area (Å²) in [6, 6.07) is 8.78. The molecular formula is C58H84N10O19S. The second-order valence-corrected chi connectivity index (χ2v) is 23.3. The molecule has 16 N–H and O–H groups in total. The van der Waals surface area contributed by atoms with E-state index in [0.29, 0.717) is 30.4 Å². The van der Waals surface area contributed by atoms with Crippen molar-refractivity contribution in [3.63, 3.8) is 0 Å². The second-order valence-electron chi connectivity index (χ2n) is 22.1. The van der Waals surface area contributed by atoms with Gasteiger partial charge in [0.2, 0.25) is 47.3 Å². The molecule has 0 aliphatic carbocycles. The summed E-state index contributed by atoms with van der Waals surface area (Å²) in [7, 11) is 0. The normalized spacial score (nSPS) is 20.1. The highest BCUT2D eigenvalue weighted by Crippen LogP contribution is 2.27. The molecule has 486 valence electrons. The monoisotopic (exact) mass is 1260 g/mol. The Kier molecular flexibility index (Phi) is 30.7. The number of carboxylic acids is 2. The topological polar surface area (TPSA) is 463 Å². The molecule has 2 aromatic rings. The third-order valence-electron chi connectivity index (χ3n) is 14.5. The number of nitrogens with one attached hydrogen (secondary N) is 7. The van der Waals surface area contributed by atoms with Gasteiger partial charge in [-0.25, -0.2) is 0 Å². The fraction of sp³-hybridized carbons (Fsp3) is 0.586. The number of carbonyl (C=O) groups excluding carboxylic acids is 10. The Bertz CT molecular complexity index is 2710. The Morgan fingerprint density at radius 2 is 1.23 bits per heavy atom. The first-order valence-electron chi connectivity index (χ1n) is 29.1. The van der Waals surface area contributed by atoms with Crippen molar-refractivity contribution in [1.29, 1.82) is 0 Å². The maximum atomic E-state index is 14.8. The predicted molar refractivity (Wildman–Crippen MR) is 315 cm³/mol. The van der Waals surface area contributed by atoms with Crippen molar-refractivity contribution in [3.8, 4) is 0 Å². The van der Waals surface area contributed by atoms with E-state index in [0.717, 1.165) is 23.6 Å². The Morgan fingerprint density at radius 3 is 1.82 bits per heavy atom. The number of carbonyl (C=O) groups is 12. The first kappa shape index (κ1) is 73.2. The highest BCUT2D eigenvalue weighted by Gasteiger charge is 2.43. The van der Waals surface area contributed by atoms with Gasteiger partial charge in [-0.2, -0.15) is 0 Å². The molecule has 2 saturated heterocycles. The number of nitrogens with zero attached hydrogens (tertiary/aromatic N) is 2. The van der Waals surface area contributed by atoms with Gasteiger partial charge in [-0.1, -0.05) is 74.5 Å². The lowest BCUT2D eigenvalue weighted by atomic mass is 9.94. The number of thioether (sulfide) groups is 1. The van der Waals surface area contributed by atoms with E-state index in [2.05, 4.69) is 37.2 Å². The summed E-state index contributed by atoms with van der Waals surface area (Å²) in [6.07, 6.45) is -12.1. The zero-order chi connectivity index (χ0) is 65.2. The minimum atomic E-state index is -2.04. The van der Waals surface area contributed by atoms with Crippen LogP contribution < -0.4 is 43.0 Å². The molecule has 8 amide bonds. The number of hydrogen-bond donors (Lipinski definition) is 15. The van der Waals surface area contributed by atoms with Crippen LogP contribution in [0.3, 0.4) is 0 Å². The maximum absolute atomic E-state index is 14.8. The maximum Gasteiger partial charge on any atom is 0.305 e. The summed E-state index contributed by atoms with van der Waals surface area (Å²) < 4.78 is 0. The van der Waals surface area contributed by atoms with Crippen molar-refractivity contribution in [3.05, 3.63) is 71.8 Å². The number of hydrogen-bond acceptors (Lipinski definition) is 21. The van der Waals surface area contributed by atoms with Gasteiger partial charge in [0.25, 0.3) is 0 Å². The summed E-state index contributed by atoms with van der Waals surface area (Å²) >= 11 is 0.903. The van der Waals surface area contributed by atoms with Crippen LogP contribution in [0.15, 0.2) is 60.7 Å². The van der Waals surface area contributed by atoms with E-state index in [1.54, 1.807) is 79.4 Å². The van der Waals surface area contributed by atoms with Gasteiger partial charge in [-0.15, -0.1) is 11.8 Å². The molecule has 2 heterocycles. The van der Waals surface area contributed by atoms with Crippen molar-refractivity contribution in [2.24, 2.45) is 11.7 Å². The average Bonchev–Trinajstić information content (AvgIpc) is 3.44. The number of Topliss-reactive ketones (excluding diaryl/α,β-unsaturated/α-hetero) is 2. The quantitative estimate of drug-likeness (QED) is 0.0174. The molecule has 0 spiro atoms. The van der Waals surface area contributed by atoms with Gasteiger partial charge in [0.05, 0.1) is 30.4 Å². The van der Waals surface area contributed by atoms with Crippen molar-refractivity contribution < 1.29 is 93.3 Å². The molecule has 2 aliphatic heterocycles. The average molecular weight is 1260 g/mol. The number of nitrogens with two attached hydrogens (primary N) is 1. The first-order chi connectivity index (χ1) is 41.7. The van der Waals surface area contributed by atoms with Crippen LogP contribution in [0.2, 0.25) is 0 Å². The molecule has 4 rings (SSSR count). The molecule has 2 aromatic carbocycles. The van der Waals surface area contributed by atoms with Crippen molar-refractivity contribution in [2.75, 3.05) is 38.5 Å². The van der Waals surface area contributed by atoms with Gasteiger partial charge in [0, 0.05) is 57.9 Å². The van der Waals surface area contributed by atoms with E-state index < -0.39 is 175 Å². The standard InChI is InChI=1S/C58H84N10O19S/c1-32(2)24-43(73)57(86)61-36(19-20-47(76)77)53(82)63-38(27-48(78)79)55(84)65-51(41(71)18-10-11-21-59)64-52(42(72)26-35-16-8-5-9-17-35)66-54(83)37(25-34-14-6-4-7-15-34)62-56(85)39(60-33(3)70)31-88-45-28-46(75)68(58(45)87)23-13-12-22-67-29-44(74)50(81)49(80)40(67)30-69/h4-9,14-17,32,36-40,43-45,49-52,64,69,73-74,80-81H,10-13,18-31,59H2,1-3H3,(H,60,70)(H,61,86)(H,62,85)(H,63,82)(H,65,84)(H,66,83)(H,76,77)(H,78,79)/t36?,37?,38?,39?,40-,43?,44+,45?,49+,50-,51?,52?/m1/s1. The molecule has 88 heavy (non-hydrogen) atoms. The largest absolute Gasteiger partial charge is 0.481 e. The molecule has 29 nitrogen and oxygen atoms in total. The summed E-state index contributed by atoms with van der Waals surface area (Å²) in [5.41, 5.74) is 6.62. The lowest BCUT2D eigenvalue weighted by Crippen LogP contribution is -2.65. The number of unbranched alkanes of at least 4 members (excludes halogenated alkanes) is 2. The third-order valence-corrected chi connectivity index (χ3v) is 15.8. The number of likely N-dealkylation sites (tertiary alicyclic amines) is 2. The molecule has 8 unspecified atom stereocenters. The molecule has 2 aliphatic rings. The van der Waals surface area contributed by atoms with Crippen molar-refractivity contribution in [1.82, 2.24) is 47.0 Å². The van der Waals surface area contributed by atoms with Gasteiger partial charge in [-0.3, -0.25) is 72.7 Å². The number of β-amino-alcohol motifs (C(OH)–C–C–N with tert-alkyl or cyclic N) is 1. The zero-order valence-electron chi connectivity index (χ0n) is 49.4. The number of aliphatic hydroxyl groups is 5. The number of aliphatic carboxylic acids is 2. The SMILES string of the molecule is CC(=O)NC(CSC1CC(=O)N(CCCCN2C[C@H](O)[C@@H](O)[C@@H](O)[C@H]2CO)C1=O)C(=O)NC(Cc1ccccc1)C(=O)NC(NC(NC(=O)C(CC(=O)O)NC(=O)C(CCC(=O)O)NC(=O)C(O)CC(C)C)C(=O)CCCCN)C(=O)Cc1ccccc1. The van der Waals surface area contributed by atoms with Crippen LogP contribution in [-0.2, 0) is 70.4 Å². The molecule has 2 fully saturated rings. The summed E-state index contributed by atoms with van der Waals surface area (Å²) in [4.78, 5) is 165. The molecule has 12 atom stereocenters. The fourth-order valence-electron chi connectivity index (χ4n) is 9.79. The summed E-state index contributed by atoms with van der Waals surface area (Å²) in [5, 5.41) is 86.3. The van der Waals surface area contributed by atoms with Crippen LogP contribution in [0.4, 0.5) is 0 Å². The van der Waals surface area contributed by atoms with Gasteiger partial charge in [0.1, 0.15) is 54.8 Å². The summed E-state index contributed by atoms with van der Waals surface area (Å²) in [5.74, 6) is -12.4. The van der Waals surface area contributed by atoms with Crippen LogP contribution in [0.1, 0.15) is 96.1 Å². The first-order valence-corrected chi connectivity index (χ1v) is 30.1. The third kappa shape index (κ3) is 24.0. The zero-order valence-corrected chi connectivity index (χ0v) is 50.2. The van der Waals surface area contributed by atoms with Crippen LogP contribution in [0.25, 0.3) is 0 Å². The van der Waals surface area contributed by atoms with E-state index in [9.17, 15) is 93.3 Å². The number of aliphatic hydroxyl groups excluding tert-OH is 5. The van der Waals surface area contributed by atoms with Crippen LogP contribution in [0.5, 0.6) is 0 Å². The lowest BCUT2D eigenvalue weighted by molar-refractivity contribution is -0.145. The Hall–Kier alpha value is -7.29. The van der Waals surface area contributed by atoms with Crippen LogP contribution in [-0.4, -0.2) is 227 Å². The number of benzene rings is 2. The van der Waals surface area contributed by atoms with E-state index in [4.69, 9.17) is 5.73 Å². The Balaban J connectivity index is 1.61. The van der Waals surface area contributed by atoms with E-state index in [1.165, 1.54) is 0 Å².